The molecule has 28 nitrogen and oxygen atoms in total. The van der Waals surface area contributed by atoms with Gasteiger partial charge in [0.1, 0.15) is 40.5 Å². The molecule has 38 heteroatoms. The number of nitrogens with two attached hydrogens (primary N) is 2. The maximum absolute atomic E-state index is 12.7. The maximum atomic E-state index is 12.7. The number of rotatable bonds is 10. The second kappa shape index (κ2) is 26.9. The van der Waals surface area contributed by atoms with Crippen molar-refractivity contribution in [2.75, 3.05) is 11.5 Å². The first kappa shape index (κ1) is 69.9. The number of fused-ring (bicyclic) bond motifs is 2. The van der Waals surface area contributed by atoms with Gasteiger partial charge in [-0.25, -0.2) is 33.7 Å². The molecule has 6 aromatic carbocycles. The van der Waals surface area contributed by atoms with E-state index in [1.54, 1.807) is 0 Å². The second-order valence-electron chi connectivity index (χ2n) is 12.4. The number of nitro benzene ring substituents is 2. The summed E-state index contributed by atoms with van der Waals surface area (Å²) in [7, 11) is -21.5. The van der Waals surface area contributed by atoms with Gasteiger partial charge in [-0.15, -0.1) is 10.2 Å². The minimum absolute atomic E-state index is 0. The molecule has 0 aromatic heterocycles. The molecule has 0 spiro atoms. The summed E-state index contributed by atoms with van der Waals surface area (Å²) in [5, 5.41) is 84.6. The van der Waals surface area contributed by atoms with Crippen LogP contribution in [0.2, 0.25) is 0 Å². The third kappa shape index (κ3) is 16.4. The van der Waals surface area contributed by atoms with Gasteiger partial charge in [-0.3, -0.25) is 20.2 Å². The molecule has 0 heterocycles. The van der Waals surface area contributed by atoms with Crippen LogP contribution in [0.5, 0.6) is 23.0 Å². The summed E-state index contributed by atoms with van der Waals surface area (Å²) in [6, 6.07) is 10.5. The van der Waals surface area contributed by atoms with Crippen molar-refractivity contribution >= 4 is 108 Å². The fraction of sp³-hybridized carbons (Fsp3) is 0. The van der Waals surface area contributed by atoms with E-state index in [1.165, 1.54) is 24.3 Å². The number of hydrogen-bond acceptors (Lipinski definition) is 26. The number of hydrogen-bond donors (Lipinski definition) is 2. The molecule has 70 heavy (non-hydrogen) atoms. The molecular weight excluding hydrogens is 1110 g/mol. The van der Waals surface area contributed by atoms with Gasteiger partial charge in [0.05, 0.1) is 52.2 Å². The van der Waals surface area contributed by atoms with E-state index >= 15 is 0 Å². The summed E-state index contributed by atoms with van der Waals surface area (Å²) in [6.45, 7) is 0. The van der Waals surface area contributed by atoms with Crippen molar-refractivity contribution < 1.29 is 247 Å². The van der Waals surface area contributed by atoms with Crippen molar-refractivity contribution in [1.82, 2.24) is 0 Å². The zero-order valence-electron chi connectivity index (χ0n) is 36.0. The zero-order chi connectivity index (χ0) is 48.0. The summed E-state index contributed by atoms with van der Waals surface area (Å²) < 4.78 is 137. The van der Waals surface area contributed by atoms with E-state index < -0.39 is 127 Å². The Balaban J connectivity index is 0. The van der Waals surface area contributed by atoms with Crippen molar-refractivity contribution in [3.8, 4) is 23.0 Å². The van der Waals surface area contributed by atoms with E-state index in [9.17, 15) is 92.5 Å². The van der Waals surface area contributed by atoms with E-state index in [-0.39, 0.29) is 210 Å². The molecule has 339 valence electrons. The van der Waals surface area contributed by atoms with Crippen LogP contribution >= 0.6 is 0 Å². The van der Waals surface area contributed by atoms with Crippen LogP contribution in [0.15, 0.2) is 113 Å². The molecule has 0 saturated carbocycles. The van der Waals surface area contributed by atoms with Crippen LogP contribution in [0, 0.1) is 20.2 Å². The van der Waals surface area contributed by atoms with Crippen LogP contribution in [-0.2, 0) is 57.8 Å². The summed E-state index contributed by atoms with van der Waals surface area (Å²) in [6.07, 6.45) is 0. The molecular formula is C32H16CrN8Na5O20S4. The third-order valence-corrected chi connectivity index (χ3v) is 11.6. The average Bonchev–Trinajstić information content (AvgIpc) is 3.16. The van der Waals surface area contributed by atoms with Gasteiger partial charge in [0.2, 0.25) is 0 Å². The van der Waals surface area contributed by atoms with Gasteiger partial charge in [0, 0.05) is 35.6 Å². The Bertz CT molecular complexity index is 3330. The first-order valence-corrected chi connectivity index (χ1v) is 21.8. The molecule has 0 amide bonds. The summed E-state index contributed by atoms with van der Waals surface area (Å²) in [5.41, 5.74) is 5.16. The van der Waals surface area contributed by atoms with Gasteiger partial charge >= 0.3 is 165 Å². The fourth-order valence-corrected chi connectivity index (χ4v) is 7.82. The van der Waals surface area contributed by atoms with E-state index in [0.29, 0.717) is 12.1 Å². The van der Waals surface area contributed by atoms with Crippen LogP contribution in [0.3, 0.4) is 0 Å². The Morgan fingerprint density at radius 3 is 0.957 bits per heavy atom. The predicted octanol–water partition coefficient (Wildman–Crippen LogP) is -13.6. The molecule has 0 atom stereocenters. The monoisotopic (exact) mass is 1130 g/mol. The molecule has 0 aliphatic rings. The molecule has 0 unspecified atom stereocenters. The van der Waals surface area contributed by atoms with E-state index in [1.807, 2.05) is 0 Å². The average molecular weight is 1130 g/mol. The Morgan fingerprint density at radius 2 is 0.700 bits per heavy atom. The predicted molar refractivity (Wildman–Crippen MR) is 201 cm³/mol. The normalized spacial score (nSPS) is 11.4. The van der Waals surface area contributed by atoms with Crippen molar-refractivity contribution in [3.05, 3.63) is 93.0 Å². The van der Waals surface area contributed by atoms with Crippen molar-refractivity contribution in [3.63, 3.8) is 0 Å². The van der Waals surface area contributed by atoms with Crippen LogP contribution in [0.1, 0.15) is 0 Å². The Labute approximate surface area is 514 Å². The van der Waals surface area contributed by atoms with E-state index in [0.717, 1.165) is 24.3 Å². The molecule has 6 rings (SSSR count). The van der Waals surface area contributed by atoms with Gasteiger partial charge < -0.3 is 50.1 Å². The molecule has 0 fully saturated rings. The van der Waals surface area contributed by atoms with Crippen molar-refractivity contribution in [2.45, 2.75) is 19.6 Å². The summed E-state index contributed by atoms with van der Waals surface area (Å²) in [5.74, 6) is -5.42. The number of benzene rings is 6. The van der Waals surface area contributed by atoms with Crippen molar-refractivity contribution in [1.29, 1.82) is 0 Å². The van der Waals surface area contributed by atoms with Crippen molar-refractivity contribution in [2.24, 2.45) is 20.5 Å². The first-order chi connectivity index (χ1) is 29.4. The molecule has 0 aliphatic heterocycles. The minimum atomic E-state index is -5.46. The number of nitrogen functional groups attached to an aromatic ring is 2. The van der Waals surface area contributed by atoms with Crippen LogP contribution in [0.4, 0.5) is 45.5 Å². The number of non-ortho nitro benzene ring substituents is 2. The number of nitrogens with zero attached hydrogens (tertiary/aromatic N) is 6. The van der Waals surface area contributed by atoms with Crippen LogP contribution in [-0.4, -0.2) is 61.7 Å². The SMILES string of the molecule is Nc1ccc2cc(S(=O)(=O)[O-])c(N=Nc3cc([N+](=O)[O-])cc(S(=O)(=O)[O-])c3[O-])c([O-])c2c1.Nc1ccc2cc(S(=O)(=O)[O-])c(N=Nc3cc([N+](=O)[O-])cc(S(=O)(=O)[O-])c3[O-])c([O-])c2c1.[Cr+3].[Na+].[Na+].[Na+].[Na+].[Na+]. The Hall–Kier alpha value is -2.19. The topological polar surface area (TPSA) is 509 Å². The Morgan fingerprint density at radius 1 is 0.414 bits per heavy atom. The van der Waals surface area contributed by atoms with Gasteiger partial charge in [0.15, 0.2) is 0 Å². The molecule has 1 radical (unpaired) electrons. The van der Waals surface area contributed by atoms with Gasteiger partial charge in [-0.2, -0.15) is 10.2 Å². The first-order valence-electron chi connectivity index (χ1n) is 16.1. The third-order valence-electron chi connectivity index (χ3n) is 8.17. The van der Waals surface area contributed by atoms with Crippen LogP contribution in [0.25, 0.3) is 21.5 Å². The fourth-order valence-electron chi connectivity index (χ4n) is 5.35. The smallest absolute Gasteiger partial charge is 0.871 e. The van der Waals surface area contributed by atoms with E-state index in [4.69, 9.17) is 11.5 Å². The van der Waals surface area contributed by atoms with E-state index in [2.05, 4.69) is 20.5 Å². The minimum Gasteiger partial charge on any atom is -0.871 e. The molecule has 0 bridgehead atoms. The zero-order valence-corrected chi connectivity index (χ0v) is 50.5. The number of nitro groups is 2. The molecule has 0 saturated heterocycles. The molecule has 4 N–H and O–H groups in total. The number of anilines is 2. The Kier molecular flexibility index (Phi) is 26.8. The van der Waals surface area contributed by atoms with Gasteiger partial charge in [-0.05, 0) is 57.9 Å². The second-order valence-corrected chi connectivity index (χ2v) is 17.8. The molecule has 0 aliphatic carbocycles. The standard InChI is InChI=1S/2C16H12N4O10S2.Cr.5Na/c2*17-8-2-1-7-3-12(31(25,26)27)14(15(21)10(7)4-8)19-18-11-5-9(20(23)24)6-13(16(11)22)32(28,29)30;;;;;;/h2*1-6,21-22H,17H2,(H,25,26,27)(H,28,29,30);;;;;;/q;;+3;5*+1/p-8. The van der Waals surface area contributed by atoms with Gasteiger partial charge in [0.25, 0.3) is 11.4 Å². The van der Waals surface area contributed by atoms with Gasteiger partial charge in [-0.1, -0.05) is 35.1 Å². The van der Waals surface area contributed by atoms with Crippen LogP contribution < -0.4 is 180 Å². The number of azo groups is 2. The maximum Gasteiger partial charge on any atom is 3.00 e. The summed E-state index contributed by atoms with van der Waals surface area (Å²) >= 11 is 0. The largest absolute Gasteiger partial charge is 3.00 e. The molecule has 6 aromatic rings. The summed E-state index contributed by atoms with van der Waals surface area (Å²) in [4.78, 5) is 14.5. The quantitative estimate of drug-likeness (QED) is 0.0321.